The topological polar surface area (TPSA) is 45.8 Å². The summed E-state index contributed by atoms with van der Waals surface area (Å²) in [7, 11) is 0. The molecule has 2 N–H and O–H groups in total. The second-order valence-electron chi connectivity index (χ2n) is 15.7. The lowest BCUT2D eigenvalue weighted by Crippen LogP contribution is -2.54. The molecule has 326 valence electrons. The number of halogens is 11. The van der Waals surface area contributed by atoms with E-state index in [9.17, 15) is 48.3 Å². The van der Waals surface area contributed by atoms with E-state index < -0.39 is 63.6 Å². The largest absolute Gasteiger partial charge is 0.457 e. The van der Waals surface area contributed by atoms with Gasteiger partial charge in [0.1, 0.15) is 23.0 Å². The maximum absolute atomic E-state index is 15.0. The quantitative estimate of drug-likeness (QED) is 0.147. The van der Waals surface area contributed by atoms with E-state index >= 15 is 0 Å². The van der Waals surface area contributed by atoms with Crippen molar-refractivity contribution in [2.24, 2.45) is 11.8 Å². The first-order chi connectivity index (χ1) is 28.2. The Hall–Kier alpha value is -4.41. The second-order valence-corrected chi connectivity index (χ2v) is 15.7. The number of hydrogen-bond donors (Lipinski definition) is 2. The van der Waals surface area contributed by atoms with Gasteiger partial charge < -0.3 is 20.1 Å². The lowest BCUT2D eigenvalue weighted by molar-refractivity contribution is -0.288. The van der Waals surface area contributed by atoms with Gasteiger partial charge in [0.25, 0.3) is 5.92 Å². The molecule has 5 nitrogen and oxygen atoms in total. The fourth-order valence-electron chi connectivity index (χ4n) is 8.10. The molecule has 0 spiro atoms. The van der Waals surface area contributed by atoms with Gasteiger partial charge in [-0.05, 0) is 121 Å². The fourth-order valence-corrected chi connectivity index (χ4v) is 8.10. The van der Waals surface area contributed by atoms with Crippen molar-refractivity contribution in [3.63, 3.8) is 0 Å². The van der Waals surface area contributed by atoms with Crippen LogP contribution in [0.4, 0.5) is 48.3 Å². The molecule has 0 saturated carbocycles. The highest BCUT2D eigenvalue weighted by Crippen LogP contribution is 2.57. The molecule has 0 aliphatic carbocycles. The van der Waals surface area contributed by atoms with E-state index in [4.69, 9.17) is 9.47 Å². The summed E-state index contributed by atoms with van der Waals surface area (Å²) < 4.78 is 173. The first-order valence-corrected chi connectivity index (χ1v) is 19.7. The Morgan fingerprint density at radius 2 is 1.10 bits per heavy atom. The minimum absolute atomic E-state index is 0.144. The summed E-state index contributed by atoms with van der Waals surface area (Å²) in [6.45, 7) is 7.58. The van der Waals surface area contributed by atoms with Gasteiger partial charge in [-0.3, -0.25) is 4.90 Å². The Labute approximate surface area is 341 Å². The molecule has 2 heterocycles. The number of piperazine rings is 1. The average molecular weight is 858 g/mol. The van der Waals surface area contributed by atoms with Gasteiger partial charge in [0.05, 0.1) is 11.1 Å². The molecule has 0 radical (unpaired) electrons. The zero-order valence-corrected chi connectivity index (χ0v) is 32.9. The molecule has 6 rings (SSSR count). The summed E-state index contributed by atoms with van der Waals surface area (Å²) in [4.78, 5) is 2.07. The van der Waals surface area contributed by atoms with Crippen LogP contribution in [0.25, 0.3) is 0 Å². The first kappa shape index (κ1) is 45.1. The third-order valence-electron chi connectivity index (χ3n) is 11.4. The number of nitrogens with one attached hydrogen (secondary N) is 2. The number of rotatable bonds is 11. The van der Waals surface area contributed by atoms with Crippen LogP contribution in [0.5, 0.6) is 23.0 Å². The summed E-state index contributed by atoms with van der Waals surface area (Å²) >= 11 is 0. The summed E-state index contributed by atoms with van der Waals surface area (Å²) in [6, 6.07) is 12.9. The molecule has 2 aliphatic rings. The number of alkyl halides is 11. The number of hydrogen-bond acceptors (Lipinski definition) is 5. The van der Waals surface area contributed by atoms with Crippen molar-refractivity contribution >= 4 is 0 Å². The Morgan fingerprint density at radius 3 is 1.62 bits per heavy atom. The molecular formula is C44H46F11N3O2. The molecule has 4 aromatic carbocycles. The highest BCUT2D eigenvalue weighted by molar-refractivity contribution is 5.50. The maximum Gasteiger partial charge on any atom is 0.419 e. The van der Waals surface area contributed by atoms with Crippen LogP contribution in [-0.4, -0.2) is 56.5 Å². The Morgan fingerprint density at radius 1 is 0.600 bits per heavy atom. The number of nitrogens with zero attached hydrogens (tertiary/aromatic N) is 1. The molecule has 0 aromatic heterocycles. The Kier molecular flexibility index (Phi) is 13.5. The molecule has 2 aliphatic heterocycles. The van der Waals surface area contributed by atoms with Crippen LogP contribution in [0.1, 0.15) is 66.5 Å². The van der Waals surface area contributed by atoms with Crippen LogP contribution in [-0.2, 0) is 30.5 Å². The van der Waals surface area contributed by atoms with Gasteiger partial charge in [0, 0.05) is 39.6 Å². The summed E-state index contributed by atoms with van der Waals surface area (Å²) in [5.74, 6) is -4.74. The molecular weight excluding hydrogens is 811 g/mol. The van der Waals surface area contributed by atoms with Crippen LogP contribution >= 0.6 is 0 Å². The molecule has 16 heteroatoms. The highest BCUT2D eigenvalue weighted by Gasteiger charge is 2.72. The van der Waals surface area contributed by atoms with Crippen molar-refractivity contribution in [1.29, 1.82) is 0 Å². The summed E-state index contributed by atoms with van der Waals surface area (Å²) in [5, 5.41) is 6.51. The van der Waals surface area contributed by atoms with E-state index in [0.717, 1.165) is 81.8 Å². The van der Waals surface area contributed by atoms with Crippen LogP contribution in [0.15, 0.2) is 84.9 Å². The number of ether oxygens (including phenoxy) is 2. The first-order valence-electron chi connectivity index (χ1n) is 19.7. The zero-order valence-electron chi connectivity index (χ0n) is 32.9. The molecule has 60 heavy (non-hydrogen) atoms. The smallest absolute Gasteiger partial charge is 0.419 e. The molecule has 4 aromatic rings. The molecule has 0 bridgehead atoms. The van der Waals surface area contributed by atoms with Gasteiger partial charge in [-0.15, -0.1) is 0 Å². The third kappa shape index (κ3) is 10.2. The minimum atomic E-state index is -5.99. The van der Waals surface area contributed by atoms with Gasteiger partial charge in [-0.25, -0.2) is 8.78 Å². The van der Waals surface area contributed by atoms with Crippen LogP contribution in [0.2, 0.25) is 0 Å². The molecule has 2 saturated heterocycles. The average Bonchev–Trinajstić information content (AvgIpc) is 3.16. The summed E-state index contributed by atoms with van der Waals surface area (Å²) in [5.41, 5.74) is -7.82. The van der Waals surface area contributed by atoms with Crippen molar-refractivity contribution in [1.82, 2.24) is 15.5 Å². The lowest BCUT2D eigenvalue weighted by atomic mass is 9.73. The predicted octanol–water partition coefficient (Wildman–Crippen LogP) is 11.8. The fraction of sp³-hybridized carbons (Fsp3) is 0.455. The summed E-state index contributed by atoms with van der Waals surface area (Å²) in [6.07, 6.45) is -13.9. The van der Waals surface area contributed by atoms with E-state index in [1.54, 1.807) is 6.07 Å². The molecule has 2 fully saturated rings. The predicted molar refractivity (Wildman–Crippen MR) is 205 cm³/mol. The van der Waals surface area contributed by atoms with Crippen molar-refractivity contribution in [2.45, 2.75) is 75.9 Å². The van der Waals surface area contributed by atoms with Crippen molar-refractivity contribution in [3.05, 3.63) is 118 Å². The van der Waals surface area contributed by atoms with Gasteiger partial charge in [0.15, 0.2) is 0 Å². The molecule has 2 atom stereocenters. The highest BCUT2D eigenvalue weighted by atomic mass is 19.4. The van der Waals surface area contributed by atoms with Gasteiger partial charge in [0.2, 0.25) is 5.41 Å². The van der Waals surface area contributed by atoms with Crippen molar-refractivity contribution in [2.75, 3.05) is 39.3 Å². The standard InChI is InChI=1S/C44H46F11N3O2/c1-28-17-19-56-18-3-4-31(28)24-29-5-15-39(37(25-29)42(47,48)49)60-35-13-9-33(10-14-35)41(43(50,51)52,44(53,54)55)32-7-11-34(12-8-32)59-38-16-6-30(26-36(38)40(2,45)46)27-58-22-20-57-21-23-58/h5-16,25-26,28,31,56-57H,3-4,17-24,27H2,1-2H3. The van der Waals surface area contributed by atoms with Gasteiger partial charge >= 0.3 is 18.5 Å². The lowest BCUT2D eigenvalue weighted by Gasteiger charge is -2.38. The second kappa shape index (κ2) is 17.9. The van der Waals surface area contributed by atoms with Gasteiger partial charge in [-0.1, -0.05) is 43.3 Å². The van der Waals surface area contributed by atoms with E-state index in [-0.39, 0.29) is 23.3 Å². The monoisotopic (exact) mass is 857 g/mol. The minimum Gasteiger partial charge on any atom is -0.457 e. The third-order valence-corrected chi connectivity index (χ3v) is 11.4. The zero-order chi connectivity index (χ0) is 43.5. The Balaban J connectivity index is 1.26. The van der Waals surface area contributed by atoms with Crippen LogP contribution in [0.3, 0.4) is 0 Å². The number of benzene rings is 4. The normalized spacial score (nSPS) is 19.1. The van der Waals surface area contributed by atoms with Crippen LogP contribution < -0.4 is 20.1 Å². The maximum atomic E-state index is 15.0. The Bertz CT molecular complexity index is 2020. The molecule has 2 unspecified atom stereocenters. The van der Waals surface area contributed by atoms with Gasteiger partial charge in [-0.2, -0.15) is 39.5 Å². The SMILES string of the molecule is CC1CCNCCCC1Cc1ccc(Oc2ccc(C(c3ccc(Oc4ccc(CN5CCNCC5)cc4C(C)(F)F)cc3)(C(F)(F)F)C(F)(F)F)cc2)c(C(F)(F)F)c1. The molecule has 0 amide bonds. The van der Waals surface area contributed by atoms with E-state index in [1.165, 1.54) is 18.2 Å². The van der Waals surface area contributed by atoms with Crippen LogP contribution in [0, 0.1) is 11.8 Å². The van der Waals surface area contributed by atoms with Crippen molar-refractivity contribution in [3.8, 4) is 23.0 Å². The van der Waals surface area contributed by atoms with E-state index in [2.05, 4.69) is 22.5 Å². The van der Waals surface area contributed by atoms with E-state index in [1.807, 2.05) is 0 Å². The van der Waals surface area contributed by atoms with E-state index in [0.29, 0.717) is 68.4 Å². The van der Waals surface area contributed by atoms with Crippen molar-refractivity contribution < 1.29 is 57.8 Å².